The standard InChI is InChI=1S/C13H17Br2N/c1-9(10-5-2-3-6-10)16-13-11(14)7-4-8-12(13)15/h4,7-10,16H,2-3,5-6H2,1H3. The molecule has 0 spiro atoms. The minimum atomic E-state index is 0.553. The Bertz CT molecular complexity index is 339. The summed E-state index contributed by atoms with van der Waals surface area (Å²) in [6.07, 6.45) is 5.54. The van der Waals surface area contributed by atoms with Gasteiger partial charge in [0.1, 0.15) is 0 Å². The van der Waals surface area contributed by atoms with Crippen molar-refractivity contribution >= 4 is 37.5 Å². The van der Waals surface area contributed by atoms with E-state index in [0.717, 1.165) is 14.9 Å². The number of benzene rings is 1. The molecule has 3 heteroatoms. The molecule has 1 N–H and O–H groups in total. The number of hydrogen-bond donors (Lipinski definition) is 1. The zero-order chi connectivity index (χ0) is 11.5. The molecule has 2 rings (SSSR count). The molecule has 0 aromatic heterocycles. The highest BCUT2D eigenvalue weighted by Crippen LogP contribution is 2.34. The van der Waals surface area contributed by atoms with Crippen LogP contribution >= 0.6 is 31.9 Å². The molecule has 0 aliphatic heterocycles. The van der Waals surface area contributed by atoms with Crippen molar-refractivity contribution in [3.63, 3.8) is 0 Å². The molecule has 1 aromatic rings. The van der Waals surface area contributed by atoms with Crippen molar-refractivity contribution in [1.82, 2.24) is 0 Å². The molecule has 0 saturated heterocycles. The van der Waals surface area contributed by atoms with Gasteiger partial charge in [-0.15, -0.1) is 0 Å². The van der Waals surface area contributed by atoms with Crippen LogP contribution < -0.4 is 5.32 Å². The fraction of sp³-hybridized carbons (Fsp3) is 0.538. The molecule has 1 unspecified atom stereocenters. The van der Waals surface area contributed by atoms with E-state index in [9.17, 15) is 0 Å². The molecular formula is C13H17Br2N. The summed E-state index contributed by atoms with van der Waals surface area (Å²) in [5.41, 5.74) is 1.18. The highest BCUT2D eigenvalue weighted by atomic mass is 79.9. The fourth-order valence-corrected chi connectivity index (χ4v) is 3.67. The summed E-state index contributed by atoms with van der Waals surface area (Å²) in [7, 11) is 0. The lowest BCUT2D eigenvalue weighted by atomic mass is 9.99. The van der Waals surface area contributed by atoms with Gasteiger partial charge in [0.2, 0.25) is 0 Å². The number of nitrogens with one attached hydrogen (secondary N) is 1. The molecule has 1 atom stereocenters. The maximum atomic E-state index is 3.63. The molecule has 0 radical (unpaired) electrons. The Balaban J connectivity index is 2.07. The van der Waals surface area contributed by atoms with E-state index in [-0.39, 0.29) is 0 Å². The van der Waals surface area contributed by atoms with Crippen LogP contribution in [0.5, 0.6) is 0 Å². The van der Waals surface area contributed by atoms with Gasteiger partial charge in [-0.2, -0.15) is 0 Å². The van der Waals surface area contributed by atoms with Crippen LogP contribution in [0.15, 0.2) is 27.1 Å². The number of rotatable bonds is 3. The van der Waals surface area contributed by atoms with Crippen LogP contribution in [0.25, 0.3) is 0 Å². The Morgan fingerprint density at radius 1 is 1.19 bits per heavy atom. The van der Waals surface area contributed by atoms with Crippen molar-refractivity contribution in [1.29, 1.82) is 0 Å². The Morgan fingerprint density at radius 2 is 1.75 bits per heavy atom. The van der Waals surface area contributed by atoms with Crippen LogP contribution in [-0.2, 0) is 0 Å². The predicted molar refractivity (Wildman–Crippen MR) is 76.9 cm³/mol. The van der Waals surface area contributed by atoms with Crippen molar-refractivity contribution in [2.45, 2.75) is 38.6 Å². The number of hydrogen-bond acceptors (Lipinski definition) is 1. The number of anilines is 1. The Kier molecular flexibility index (Phi) is 4.31. The molecule has 16 heavy (non-hydrogen) atoms. The Hall–Kier alpha value is -0.0200. The van der Waals surface area contributed by atoms with Gasteiger partial charge in [-0.3, -0.25) is 0 Å². The summed E-state index contributed by atoms with van der Waals surface area (Å²) < 4.78 is 2.26. The summed E-state index contributed by atoms with van der Waals surface area (Å²) in [5, 5.41) is 3.63. The summed E-state index contributed by atoms with van der Waals surface area (Å²) in [6, 6.07) is 6.75. The molecule has 1 aromatic carbocycles. The second kappa shape index (κ2) is 5.54. The third-order valence-corrected chi connectivity index (χ3v) is 4.76. The second-order valence-corrected chi connectivity index (χ2v) is 6.28. The van der Waals surface area contributed by atoms with E-state index in [2.05, 4.69) is 56.2 Å². The average molecular weight is 347 g/mol. The predicted octanol–water partition coefficient (Wildman–Crippen LogP) is 5.20. The van der Waals surface area contributed by atoms with Crippen LogP contribution in [-0.4, -0.2) is 6.04 Å². The monoisotopic (exact) mass is 345 g/mol. The molecule has 0 heterocycles. The van der Waals surface area contributed by atoms with Crippen molar-refractivity contribution in [2.75, 3.05) is 5.32 Å². The average Bonchev–Trinajstić information content (AvgIpc) is 2.76. The van der Waals surface area contributed by atoms with E-state index in [1.807, 2.05) is 6.07 Å². The van der Waals surface area contributed by atoms with Gasteiger partial charge in [-0.25, -0.2) is 0 Å². The van der Waals surface area contributed by atoms with E-state index in [1.165, 1.54) is 31.4 Å². The summed E-state index contributed by atoms with van der Waals surface area (Å²) in [6.45, 7) is 2.29. The van der Waals surface area contributed by atoms with Gasteiger partial charge in [-0.05, 0) is 69.7 Å². The first-order valence-electron chi connectivity index (χ1n) is 5.89. The minimum Gasteiger partial charge on any atom is -0.380 e. The van der Waals surface area contributed by atoms with Crippen molar-refractivity contribution < 1.29 is 0 Å². The molecule has 0 bridgehead atoms. The minimum absolute atomic E-state index is 0.553. The van der Waals surface area contributed by atoms with Gasteiger partial charge in [-0.1, -0.05) is 18.9 Å². The largest absolute Gasteiger partial charge is 0.380 e. The number of halogens is 2. The maximum Gasteiger partial charge on any atom is 0.0631 e. The first-order valence-corrected chi connectivity index (χ1v) is 7.47. The maximum absolute atomic E-state index is 3.63. The van der Waals surface area contributed by atoms with E-state index in [4.69, 9.17) is 0 Å². The van der Waals surface area contributed by atoms with Crippen molar-refractivity contribution in [2.24, 2.45) is 5.92 Å². The second-order valence-electron chi connectivity index (χ2n) is 4.57. The molecule has 0 amide bonds. The lowest BCUT2D eigenvalue weighted by Gasteiger charge is -2.23. The van der Waals surface area contributed by atoms with E-state index >= 15 is 0 Å². The third-order valence-electron chi connectivity index (χ3n) is 3.44. The highest BCUT2D eigenvalue weighted by Gasteiger charge is 2.22. The molecule has 1 nitrogen and oxygen atoms in total. The molecule has 1 saturated carbocycles. The lowest BCUT2D eigenvalue weighted by molar-refractivity contribution is 0.482. The third kappa shape index (κ3) is 2.80. The van der Waals surface area contributed by atoms with Gasteiger partial charge in [0, 0.05) is 15.0 Å². The van der Waals surface area contributed by atoms with Crippen molar-refractivity contribution in [3.8, 4) is 0 Å². The number of para-hydroxylation sites is 1. The zero-order valence-corrected chi connectivity index (χ0v) is 12.6. The summed E-state index contributed by atoms with van der Waals surface area (Å²) in [5.74, 6) is 0.832. The normalized spacial score (nSPS) is 18.7. The molecular weight excluding hydrogens is 330 g/mol. The smallest absolute Gasteiger partial charge is 0.0631 e. The van der Waals surface area contributed by atoms with Gasteiger partial charge >= 0.3 is 0 Å². The van der Waals surface area contributed by atoms with Gasteiger partial charge < -0.3 is 5.32 Å². The Morgan fingerprint density at radius 3 is 2.31 bits per heavy atom. The SMILES string of the molecule is CC(Nc1c(Br)cccc1Br)C1CCCC1. The molecule has 1 aliphatic carbocycles. The fourth-order valence-electron chi connectivity index (χ4n) is 2.44. The highest BCUT2D eigenvalue weighted by molar-refractivity contribution is 9.11. The van der Waals surface area contributed by atoms with Crippen LogP contribution in [0.3, 0.4) is 0 Å². The molecule has 1 fully saturated rings. The van der Waals surface area contributed by atoms with Gasteiger partial charge in [0.15, 0.2) is 0 Å². The van der Waals surface area contributed by atoms with Gasteiger partial charge in [0.05, 0.1) is 5.69 Å². The zero-order valence-electron chi connectivity index (χ0n) is 9.47. The van der Waals surface area contributed by atoms with Crippen LogP contribution in [0, 0.1) is 5.92 Å². The summed E-state index contributed by atoms with van der Waals surface area (Å²) >= 11 is 7.18. The molecule has 1 aliphatic rings. The van der Waals surface area contributed by atoms with E-state index < -0.39 is 0 Å². The van der Waals surface area contributed by atoms with Crippen LogP contribution in [0.4, 0.5) is 5.69 Å². The molecule has 88 valence electrons. The van der Waals surface area contributed by atoms with Gasteiger partial charge in [0.25, 0.3) is 0 Å². The topological polar surface area (TPSA) is 12.0 Å². The van der Waals surface area contributed by atoms with Crippen molar-refractivity contribution in [3.05, 3.63) is 27.1 Å². The summed E-state index contributed by atoms with van der Waals surface area (Å²) in [4.78, 5) is 0. The van der Waals surface area contributed by atoms with Crippen LogP contribution in [0.1, 0.15) is 32.6 Å². The lowest BCUT2D eigenvalue weighted by Crippen LogP contribution is -2.24. The van der Waals surface area contributed by atoms with E-state index in [0.29, 0.717) is 6.04 Å². The van der Waals surface area contributed by atoms with Crippen LogP contribution in [0.2, 0.25) is 0 Å². The van der Waals surface area contributed by atoms with E-state index in [1.54, 1.807) is 0 Å². The Labute approximate surface area is 114 Å². The first-order chi connectivity index (χ1) is 7.68. The quantitative estimate of drug-likeness (QED) is 0.792. The first kappa shape index (κ1) is 12.4.